The number of likely N-dealkylation sites (tertiary alicyclic amines) is 1. The minimum atomic E-state index is -0.316. The molecule has 0 saturated carbocycles. The summed E-state index contributed by atoms with van der Waals surface area (Å²) in [4.78, 5) is 18.8. The van der Waals surface area contributed by atoms with Crippen molar-refractivity contribution in [3.05, 3.63) is 23.4 Å². The standard InChI is InChI=1S/C15H24N4O2/c1-3-4-12-7-11(8-14(17-12)18-16)15(21)19-6-5-13(20)10(2)9-19/h7-8,10,13,20H,3-6,9,16H2,1-2H3,(H,17,18). The molecule has 2 rings (SSSR count). The number of amides is 1. The molecule has 1 fully saturated rings. The summed E-state index contributed by atoms with van der Waals surface area (Å²) in [5.74, 6) is 6.02. The molecule has 4 N–H and O–H groups in total. The molecule has 1 aliphatic heterocycles. The number of aromatic nitrogens is 1. The summed E-state index contributed by atoms with van der Waals surface area (Å²) in [5.41, 5.74) is 3.98. The number of pyridine rings is 1. The van der Waals surface area contributed by atoms with E-state index in [-0.39, 0.29) is 17.9 Å². The Balaban J connectivity index is 2.20. The Hall–Kier alpha value is -1.66. The zero-order valence-corrected chi connectivity index (χ0v) is 12.7. The van der Waals surface area contributed by atoms with Crippen LogP contribution in [0.15, 0.2) is 12.1 Å². The first-order chi connectivity index (χ1) is 10.0. The van der Waals surface area contributed by atoms with Gasteiger partial charge in [0.15, 0.2) is 0 Å². The first kappa shape index (κ1) is 15.7. The average Bonchev–Trinajstić information content (AvgIpc) is 2.49. The Morgan fingerprint density at radius 2 is 2.33 bits per heavy atom. The van der Waals surface area contributed by atoms with Crippen molar-refractivity contribution in [3.63, 3.8) is 0 Å². The van der Waals surface area contributed by atoms with Crippen molar-refractivity contribution in [1.82, 2.24) is 9.88 Å². The fourth-order valence-corrected chi connectivity index (χ4v) is 2.67. The molecule has 0 spiro atoms. The third kappa shape index (κ3) is 3.71. The maximum Gasteiger partial charge on any atom is 0.254 e. The quantitative estimate of drug-likeness (QED) is 0.572. The lowest BCUT2D eigenvalue weighted by Gasteiger charge is -2.34. The van der Waals surface area contributed by atoms with Crippen LogP contribution in [0.25, 0.3) is 0 Å². The van der Waals surface area contributed by atoms with Crippen molar-refractivity contribution in [2.24, 2.45) is 11.8 Å². The van der Waals surface area contributed by atoms with Crippen LogP contribution in [-0.4, -0.2) is 40.1 Å². The number of aliphatic hydroxyl groups excluding tert-OH is 1. The Morgan fingerprint density at radius 1 is 1.57 bits per heavy atom. The van der Waals surface area contributed by atoms with Gasteiger partial charge in [0.05, 0.1) is 6.10 Å². The second kappa shape index (κ2) is 6.87. The molecule has 2 unspecified atom stereocenters. The van der Waals surface area contributed by atoms with Crippen LogP contribution in [0, 0.1) is 5.92 Å². The fraction of sp³-hybridized carbons (Fsp3) is 0.600. The smallest absolute Gasteiger partial charge is 0.254 e. The van der Waals surface area contributed by atoms with Crippen LogP contribution in [-0.2, 0) is 6.42 Å². The molecule has 6 nitrogen and oxygen atoms in total. The molecular weight excluding hydrogens is 268 g/mol. The van der Waals surface area contributed by atoms with Crippen molar-refractivity contribution >= 4 is 11.7 Å². The van der Waals surface area contributed by atoms with Crippen LogP contribution in [0.5, 0.6) is 0 Å². The van der Waals surface area contributed by atoms with E-state index in [4.69, 9.17) is 5.84 Å². The van der Waals surface area contributed by atoms with Crippen LogP contribution in [0.4, 0.5) is 5.82 Å². The third-order valence-corrected chi connectivity index (χ3v) is 3.93. The second-order valence-electron chi connectivity index (χ2n) is 5.71. The lowest BCUT2D eigenvalue weighted by Crippen LogP contribution is -2.45. The summed E-state index contributed by atoms with van der Waals surface area (Å²) < 4.78 is 0. The van der Waals surface area contributed by atoms with Crippen LogP contribution >= 0.6 is 0 Å². The molecule has 1 amide bonds. The van der Waals surface area contributed by atoms with E-state index in [1.54, 1.807) is 11.0 Å². The largest absolute Gasteiger partial charge is 0.393 e. The Labute approximate surface area is 125 Å². The molecule has 21 heavy (non-hydrogen) atoms. The Kier molecular flexibility index (Phi) is 5.14. The molecule has 0 aliphatic carbocycles. The molecule has 116 valence electrons. The fourth-order valence-electron chi connectivity index (χ4n) is 2.67. The lowest BCUT2D eigenvalue weighted by atomic mass is 9.96. The molecule has 2 atom stereocenters. The Morgan fingerprint density at radius 3 is 2.95 bits per heavy atom. The molecular formula is C15H24N4O2. The van der Waals surface area contributed by atoms with Gasteiger partial charge in [-0.05, 0) is 30.9 Å². The maximum absolute atomic E-state index is 12.6. The molecule has 2 heterocycles. The number of aryl methyl sites for hydroxylation is 1. The highest BCUT2D eigenvalue weighted by Gasteiger charge is 2.28. The van der Waals surface area contributed by atoms with Crippen molar-refractivity contribution in [2.75, 3.05) is 18.5 Å². The molecule has 1 aliphatic rings. The Bertz CT molecular complexity index is 506. The van der Waals surface area contributed by atoms with E-state index in [0.717, 1.165) is 18.5 Å². The second-order valence-corrected chi connectivity index (χ2v) is 5.71. The number of nitrogens with one attached hydrogen (secondary N) is 1. The lowest BCUT2D eigenvalue weighted by molar-refractivity contribution is 0.0297. The van der Waals surface area contributed by atoms with Gasteiger partial charge in [0.2, 0.25) is 0 Å². The van der Waals surface area contributed by atoms with Gasteiger partial charge in [-0.25, -0.2) is 10.8 Å². The summed E-state index contributed by atoms with van der Waals surface area (Å²) >= 11 is 0. The van der Waals surface area contributed by atoms with E-state index in [9.17, 15) is 9.90 Å². The zero-order valence-electron chi connectivity index (χ0n) is 12.7. The minimum Gasteiger partial charge on any atom is -0.393 e. The SMILES string of the molecule is CCCc1cc(C(=O)N2CCC(O)C(C)C2)cc(NN)n1. The number of anilines is 1. The van der Waals surface area contributed by atoms with Gasteiger partial charge in [-0.1, -0.05) is 20.3 Å². The molecule has 0 aromatic carbocycles. The predicted molar refractivity (Wildman–Crippen MR) is 81.7 cm³/mol. The van der Waals surface area contributed by atoms with E-state index < -0.39 is 0 Å². The van der Waals surface area contributed by atoms with Gasteiger partial charge < -0.3 is 15.4 Å². The topological polar surface area (TPSA) is 91.5 Å². The van der Waals surface area contributed by atoms with Crippen molar-refractivity contribution in [2.45, 2.75) is 39.2 Å². The summed E-state index contributed by atoms with van der Waals surface area (Å²) in [7, 11) is 0. The average molecular weight is 292 g/mol. The van der Waals surface area contributed by atoms with Crippen molar-refractivity contribution in [1.29, 1.82) is 0 Å². The molecule has 0 radical (unpaired) electrons. The van der Waals surface area contributed by atoms with Crippen LogP contribution < -0.4 is 11.3 Å². The number of aliphatic hydroxyl groups is 1. The molecule has 1 aromatic rings. The molecule has 1 aromatic heterocycles. The van der Waals surface area contributed by atoms with Crippen molar-refractivity contribution < 1.29 is 9.90 Å². The predicted octanol–water partition coefficient (Wildman–Crippen LogP) is 1.16. The third-order valence-electron chi connectivity index (χ3n) is 3.93. The highest BCUT2D eigenvalue weighted by molar-refractivity contribution is 5.95. The maximum atomic E-state index is 12.6. The number of nitrogen functional groups attached to an aromatic ring is 1. The number of nitrogens with two attached hydrogens (primary N) is 1. The first-order valence-electron chi connectivity index (χ1n) is 7.50. The van der Waals surface area contributed by atoms with Gasteiger partial charge in [-0.3, -0.25) is 4.79 Å². The van der Waals surface area contributed by atoms with Crippen LogP contribution in [0.2, 0.25) is 0 Å². The molecule has 0 bridgehead atoms. The number of piperidine rings is 1. The highest BCUT2D eigenvalue weighted by Crippen LogP contribution is 2.20. The van der Waals surface area contributed by atoms with E-state index in [0.29, 0.717) is 30.9 Å². The summed E-state index contributed by atoms with van der Waals surface area (Å²) in [5, 5.41) is 9.77. The summed E-state index contributed by atoms with van der Waals surface area (Å²) in [6.07, 6.45) is 2.08. The van der Waals surface area contributed by atoms with Crippen LogP contribution in [0.1, 0.15) is 42.7 Å². The van der Waals surface area contributed by atoms with Gasteiger partial charge in [0.25, 0.3) is 5.91 Å². The van der Waals surface area contributed by atoms with Gasteiger partial charge in [-0.2, -0.15) is 0 Å². The number of rotatable bonds is 4. The van der Waals surface area contributed by atoms with Gasteiger partial charge in [0, 0.05) is 24.3 Å². The number of hydrogen-bond acceptors (Lipinski definition) is 5. The number of hydrogen-bond donors (Lipinski definition) is 3. The number of carbonyl (C=O) groups excluding carboxylic acids is 1. The molecule has 1 saturated heterocycles. The van der Waals surface area contributed by atoms with E-state index in [2.05, 4.69) is 17.3 Å². The summed E-state index contributed by atoms with van der Waals surface area (Å²) in [6.45, 7) is 5.20. The summed E-state index contributed by atoms with van der Waals surface area (Å²) in [6, 6.07) is 3.51. The normalized spacial score (nSPS) is 22.2. The van der Waals surface area contributed by atoms with E-state index in [1.165, 1.54) is 0 Å². The number of nitrogens with zero attached hydrogens (tertiary/aromatic N) is 2. The number of carbonyl (C=O) groups is 1. The van der Waals surface area contributed by atoms with E-state index >= 15 is 0 Å². The van der Waals surface area contributed by atoms with Crippen molar-refractivity contribution in [3.8, 4) is 0 Å². The van der Waals surface area contributed by atoms with Gasteiger partial charge >= 0.3 is 0 Å². The zero-order chi connectivity index (χ0) is 15.4. The van der Waals surface area contributed by atoms with Gasteiger partial charge in [-0.15, -0.1) is 0 Å². The molecule has 6 heteroatoms. The highest BCUT2D eigenvalue weighted by atomic mass is 16.3. The monoisotopic (exact) mass is 292 g/mol. The minimum absolute atomic E-state index is 0.0231. The number of hydrazine groups is 1. The van der Waals surface area contributed by atoms with Gasteiger partial charge in [0.1, 0.15) is 5.82 Å². The van der Waals surface area contributed by atoms with Crippen LogP contribution in [0.3, 0.4) is 0 Å². The van der Waals surface area contributed by atoms with E-state index in [1.807, 2.05) is 13.0 Å². The first-order valence-corrected chi connectivity index (χ1v) is 7.50.